The number of carbonyl (C=O) groups is 4. The summed E-state index contributed by atoms with van der Waals surface area (Å²) >= 11 is 0. The van der Waals surface area contributed by atoms with E-state index in [1.807, 2.05) is 6.92 Å². The lowest BCUT2D eigenvalue weighted by Crippen LogP contribution is -2.48. The number of hydrogen-bond acceptors (Lipinski definition) is 6. The van der Waals surface area contributed by atoms with E-state index in [9.17, 15) is 19.2 Å². The molecule has 5 fully saturated rings. The van der Waals surface area contributed by atoms with Crippen LogP contribution in [0.4, 0.5) is 0 Å². The summed E-state index contributed by atoms with van der Waals surface area (Å²) in [5.41, 5.74) is 0. The minimum atomic E-state index is -0.402. The van der Waals surface area contributed by atoms with Gasteiger partial charge in [0.1, 0.15) is 0 Å². The molecule has 0 amide bonds. The van der Waals surface area contributed by atoms with E-state index in [1.54, 1.807) is 0 Å². The van der Waals surface area contributed by atoms with Gasteiger partial charge in [0.05, 0.1) is 23.7 Å². The minimum absolute atomic E-state index is 0.0668. The van der Waals surface area contributed by atoms with Crippen molar-refractivity contribution in [3.8, 4) is 0 Å². The third-order valence-corrected chi connectivity index (χ3v) is 7.30. The van der Waals surface area contributed by atoms with Gasteiger partial charge in [-0.15, -0.1) is 0 Å². The molecule has 2 unspecified atom stereocenters. The Hall–Kier alpha value is -1.72. The first-order chi connectivity index (χ1) is 11.0. The SMILES string of the molecule is CC[C@@H]1C2C(C[C@H]3C(=O)OC(=O)[C@@H]13)[C@@H]1C[C@H]2[C@H]2C(=O)OC(=O)[C@H]21. The molecule has 2 bridgehead atoms. The quantitative estimate of drug-likeness (QED) is 0.528. The molecule has 5 aliphatic rings. The van der Waals surface area contributed by atoms with Crippen molar-refractivity contribution in [2.75, 3.05) is 0 Å². The van der Waals surface area contributed by atoms with E-state index in [0.29, 0.717) is 6.42 Å². The van der Waals surface area contributed by atoms with Crippen molar-refractivity contribution in [3.05, 3.63) is 0 Å². The van der Waals surface area contributed by atoms with Gasteiger partial charge in [0.2, 0.25) is 0 Å². The molecule has 9 atom stereocenters. The van der Waals surface area contributed by atoms with Crippen molar-refractivity contribution in [2.45, 2.75) is 26.2 Å². The van der Waals surface area contributed by atoms with Crippen molar-refractivity contribution >= 4 is 23.9 Å². The summed E-state index contributed by atoms with van der Waals surface area (Å²) in [5.74, 6) is -2.18. The highest BCUT2D eigenvalue weighted by Crippen LogP contribution is 2.67. The molecule has 0 aromatic rings. The first-order valence-electron chi connectivity index (χ1n) is 8.54. The highest BCUT2D eigenvalue weighted by Gasteiger charge is 2.71. The second-order valence-electron chi connectivity index (χ2n) is 7.78. The summed E-state index contributed by atoms with van der Waals surface area (Å²) < 4.78 is 9.78. The Bertz CT molecular complexity index is 653. The van der Waals surface area contributed by atoms with Gasteiger partial charge in [-0.3, -0.25) is 19.2 Å². The summed E-state index contributed by atoms with van der Waals surface area (Å²) in [6, 6.07) is 0. The smallest absolute Gasteiger partial charge is 0.317 e. The average Bonchev–Trinajstić information content (AvgIpc) is 3.21. The Kier molecular flexibility index (Phi) is 2.51. The minimum Gasteiger partial charge on any atom is -0.393 e. The predicted octanol–water partition coefficient (Wildman–Crippen LogP) is 0.930. The maximum absolute atomic E-state index is 12.1. The molecule has 2 saturated heterocycles. The van der Waals surface area contributed by atoms with Gasteiger partial charge in [-0.2, -0.15) is 0 Å². The van der Waals surface area contributed by atoms with E-state index in [2.05, 4.69) is 0 Å². The highest BCUT2D eigenvalue weighted by atomic mass is 16.6. The number of ether oxygens (including phenoxy) is 2. The van der Waals surface area contributed by atoms with E-state index in [0.717, 1.165) is 12.8 Å². The standard InChI is InChI=1S/C17H18O6/c1-2-5-10-6(4-9-11(5)15(19)22-14(9)18)7-3-8(10)13-12(7)16(20)23-17(13)21/h5-13H,2-4H2,1H3/t5-,6?,7+,8-,9-,10?,11+,12+,13-/m1/s1. The van der Waals surface area contributed by atoms with Crippen LogP contribution in [-0.2, 0) is 28.7 Å². The predicted molar refractivity (Wildman–Crippen MR) is 73.1 cm³/mol. The summed E-state index contributed by atoms with van der Waals surface area (Å²) in [6.07, 6.45) is 2.25. The first kappa shape index (κ1) is 13.7. The Balaban J connectivity index is 1.56. The molecule has 122 valence electrons. The van der Waals surface area contributed by atoms with Crippen molar-refractivity contribution in [1.29, 1.82) is 0 Å². The number of rotatable bonds is 1. The van der Waals surface area contributed by atoms with E-state index < -0.39 is 11.9 Å². The van der Waals surface area contributed by atoms with Gasteiger partial charge in [0.15, 0.2) is 0 Å². The molecule has 5 rings (SSSR count). The molecule has 0 radical (unpaired) electrons. The third kappa shape index (κ3) is 1.45. The van der Waals surface area contributed by atoms with Crippen molar-refractivity contribution in [2.24, 2.45) is 53.3 Å². The van der Waals surface area contributed by atoms with Crippen LogP contribution in [0.2, 0.25) is 0 Å². The fourth-order valence-corrected chi connectivity index (χ4v) is 6.75. The molecule has 0 N–H and O–H groups in total. The fraction of sp³-hybridized carbons (Fsp3) is 0.765. The number of esters is 4. The fourth-order valence-electron chi connectivity index (χ4n) is 6.75. The maximum atomic E-state index is 12.1. The van der Waals surface area contributed by atoms with Gasteiger partial charge in [-0.05, 0) is 42.4 Å². The summed E-state index contributed by atoms with van der Waals surface area (Å²) in [7, 11) is 0. The molecule has 3 aliphatic carbocycles. The van der Waals surface area contributed by atoms with Crippen LogP contribution >= 0.6 is 0 Å². The second kappa shape index (κ2) is 4.22. The molecule has 2 heterocycles. The number of carbonyl (C=O) groups excluding carboxylic acids is 4. The van der Waals surface area contributed by atoms with Crippen LogP contribution in [0, 0.1) is 53.3 Å². The van der Waals surface area contributed by atoms with Gasteiger partial charge in [-0.1, -0.05) is 13.3 Å². The van der Waals surface area contributed by atoms with E-state index in [-0.39, 0.29) is 65.2 Å². The Morgan fingerprint density at radius 3 is 2.09 bits per heavy atom. The Morgan fingerprint density at radius 1 is 0.783 bits per heavy atom. The molecule has 0 spiro atoms. The lowest BCUT2D eigenvalue weighted by Gasteiger charge is -2.46. The number of hydrogen-bond donors (Lipinski definition) is 0. The topological polar surface area (TPSA) is 86.7 Å². The van der Waals surface area contributed by atoms with E-state index >= 15 is 0 Å². The number of cyclic esters (lactones) is 4. The molecule has 0 aromatic heterocycles. The monoisotopic (exact) mass is 318 g/mol. The van der Waals surface area contributed by atoms with Crippen LogP contribution in [0.1, 0.15) is 26.2 Å². The Labute approximate surface area is 132 Å². The van der Waals surface area contributed by atoms with Crippen LogP contribution in [-0.4, -0.2) is 23.9 Å². The van der Waals surface area contributed by atoms with Gasteiger partial charge >= 0.3 is 23.9 Å². The van der Waals surface area contributed by atoms with E-state index in [4.69, 9.17) is 9.47 Å². The molecule has 6 nitrogen and oxygen atoms in total. The molecule has 23 heavy (non-hydrogen) atoms. The van der Waals surface area contributed by atoms with Gasteiger partial charge in [0, 0.05) is 0 Å². The lowest BCUT2D eigenvalue weighted by molar-refractivity contribution is -0.155. The Morgan fingerprint density at radius 2 is 1.39 bits per heavy atom. The summed E-state index contributed by atoms with van der Waals surface area (Å²) in [6.45, 7) is 2.03. The van der Waals surface area contributed by atoms with Crippen LogP contribution in [0.15, 0.2) is 0 Å². The molecule has 2 aliphatic heterocycles. The summed E-state index contributed by atoms with van der Waals surface area (Å²) in [4.78, 5) is 48.3. The van der Waals surface area contributed by atoms with Crippen LogP contribution in [0.25, 0.3) is 0 Å². The van der Waals surface area contributed by atoms with Gasteiger partial charge in [-0.25, -0.2) is 0 Å². The lowest BCUT2D eigenvalue weighted by atomic mass is 9.54. The average molecular weight is 318 g/mol. The molecule has 6 heteroatoms. The van der Waals surface area contributed by atoms with Crippen LogP contribution in [0.5, 0.6) is 0 Å². The normalized spacial score (nSPS) is 53.0. The largest absolute Gasteiger partial charge is 0.393 e. The zero-order valence-corrected chi connectivity index (χ0v) is 12.8. The molecular formula is C17H18O6. The van der Waals surface area contributed by atoms with Crippen LogP contribution < -0.4 is 0 Å². The summed E-state index contributed by atoms with van der Waals surface area (Å²) in [5, 5.41) is 0. The van der Waals surface area contributed by atoms with Gasteiger partial charge < -0.3 is 9.47 Å². The zero-order chi connectivity index (χ0) is 16.0. The molecular weight excluding hydrogens is 300 g/mol. The maximum Gasteiger partial charge on any atom is 0.317 e. The van der Waals surface area contributed by atoms with Crippen molar-refractivity contribution in [1.82, 2.24) is 0 Å². The van der Waals surface area contributed by atoms with Gasteiger partial charge in [0.25, 0.3) is 0 Å². The van der Waals surface area contributed by atoms with Crippen LogP contribution in [0.3, 0.4) is 0 Å². The second-order valence-corrected chi connectivity index (χ2v) is 7.78. The number of fused-ring (bicyclic) bond motifs is 9. The zero-order valence-electron chi connectivity index (χ0n) is 12.8. The molecule has 3 saturated carbocycles. The first-order valence-corrected chi connectivity index (χ1v) is 8.54. The third-order valence-electron chi connectivity index (χ3n) is 7.30. The molecule has 0 aromatic carbocycles. The highest BCUT2D eigenvalue weighted by molar-refractivity contribution is 5.98. The van der Waals surface area contributed by atoms with Crippen molar-refractivity contribution in [3.63, 3.8) is 0 Å². The van der Waals surface area contributed by atoms with E-state index in [1.165, 1.54) is 0 Å². The van der Waals surface area contributed by atoms with Crippen molar-refractivity contribution < 1.29 is 28.7 Å².